The molecule has 0 radical (unpaired) electrons. The summed E-state index contributed by atoms with van der Waals surface area (Å²) < 4.78 is 4.64. The molecular weight excluding hydrogens is 264 g/mol. The third-order valence-electron chi connectivity index (χ3n) is 2.74. The molecule has 1 saturated carbocycles. The molecule has 5 nitrogen and oxygen atoms in total. The summed E-state index contributed by atoms with van der Waals surface area (Å²) in [6.45, 7) is 0. The van der Waals surface area contributed by atoms with Gasteiger partial charge >= 0.3 is 5.97 Å². The zero-order valence-corrected chi connectivity index (χ0v) is 11.1. The molecule has 1 aromatic heterocycles. The molecule has 1 fully saturated rings. The van der Waals surface area contributed by atoms with E-state index in [1.807, 2.05) is 6.07 Å². The van der Waals surface area contributed by atoms with E-state index in [-0.39, 0.29) is 17.3 Å². The van der Waals surface area contributed by atoms with Crippen LogP contribution in [0.3, 0.4) is 0 Å². The highest BCUT2D eigenvalue weighted by Gasteiger charge is 2.31. The van der Waals surface area contributed by atoms with E-state index in [9.17, 15) is 9.59 Å². The Hall–Kier alpha value is -2.13. The molecule has 1 heterocycles. The molecule has 6 heteroatoms. The van der Waals surface area contributed by atoms with Gasteiger partial charge in [-0.2, -0.15) is 5.26 Å². The van der Waals surface area contributed by atoms with Crippen LogP contribution in [0.4, 0.5) is 5.69 Å². The van der Waals surface area contributed by atoms with Crippen molar-refractivity contribution in [2.75, 3.05) is 12.4 Å². The number of rotatable bonds is 5. The number of hydrogen-bond donors (Lipinski definition) is 1. The number of thiophene rings is 1. The van der Waals surface area contributed by atoms with Crippen molar-refractivity contribution in [2.45, 2.75) is 12.8 Å². The predicted molar refractivity (Wildman–Crippen MR) is 70.7 cm³/mol. The Morgan fingerprint density at radius 2 is 2.32 bits per heavy atom. The normalized spacial score (nSPS) is 14.6. The highest BCUT2D eigenvalue weighted by Crippen LogP contribution is 2.32. The van der Waals surface area contributed by atoms with E-state index in [0.717, 1.165) is 12.8 Å². The highest BCUT2D eigenvalue weighted by molar-refractivity contribution is 7.12. The first-order chi connectivity index (χ1) is 9.17. The second-order valence-corrected chi connectivity index (χ2v) is 5.02. The Bertz CT molecular complexity index is 579. The van der Waals surface area contributed by atoms with Gasteiger partial charge < -0.3 is 10.1 Å². The van der Waals surface area contributed by atoms with Crippen LogP contribution in [0.1, 0.15) is 22.5 Å². The molecule has 1 aliphatic carbocycles. The Labute approximate surface area is 114 Å². The van der Waals surface area contributed by atoms with Crippen molar-refractivity contribution >= 4 is 28.8 Å². The zero-order valence-electron chi connectivity index (χ0n) is 10.3. The van der Waals surface area contributed by atoms with E-state index in [1.165, 1.54) is 24.6 Å². The third kappa shape index (κ3) is 3.01. The molecule has 98 valence electrons. The average Bonchev–Trinajstić information content (AvgIpc) is 3.17. The maximum absolute atomic E-state index is 11.8. The Kier molecular flexibility index (Phi) is 3.97. The lowest BCUT2D eigenvalue weighted by atomic mass is 10.1. The number of allylic oxidation sites excluding steroid dienone is 1. The summed E-state index contributed by atoms with van der Waals surface area (Å²) in [5.41, 5.74) is 0.623. The van der Waals surface area contributed by atoms with Crippen molar-refractivity contribution in [3.05, 3.63) is 28.1 Å². The van der Waals surface area contributed by atoms with Gasteiger partial charge in [-0.3, -0.25) is 4.79 Å². The van der Waals surface area contributed by atoms with Crippen LogP contribution in [0.2, 0.25) is 0 Å². The number of ether oxygens (including phenoxy) is 1. The molecule has 0 spiro atoms. The summed E-state index contributed by atoms with van der Waals surface area (Å²) in [5, 5.41) is 13.5. The molecule has 1 aliphatic rings. The number of nitriles is 1. The van der Waals surface area contributed by atoms with Crippen LogP contribution >= 0.6 is 11.3 Å². The van der Waals surface area contributed by atoms with E-state index in [2.05, 4.69) is 10.1 Å². The van der Waals surface area contributed by atoms with Crippen LogP contribution < -0.4 is 5.32 Å². The van der Waals surface area contributed by atoms with E-state index in [4.69, 9.17) is 5.26 Å². The van der Waals surface area contributed by atoms with E-state index < -0.39 is 5.97 Å². The summed E-state index contributed by atoms with van der Waals surface area (Å²) in [5.74, 6) is -0.585. The van der Waals surface area contributed by atoms with Gasteiger partial charge in [-0.15, -0.1) is 11.3 Å². The number of ketones is 1. The number of methoxy groups -OCH3 is 1. The number of esters is 1. The molecule has 0 amide bonds. The molecule has 0 aromatic carbocycles. The lowest BCUT2D eigenvalue weighted by molar-refractivity contribution is -0.116. The fourth-order valence-electron chi connectivity index (χ4n) is 1.55. The highest BCUT2D eigenvalue weighted by atomic mass is 32.1. The summed E-state index contributed by atoms with van der Waals surface area (Å²) in [4.78, 5) is 23.6. The number of Topliss-reactive ketones (excluding diaryl/α,β-unsaturated/α-hetero) is 1. The molecule has 0 aliphatic heterocycles. The minimum absolute atomic E-state index is 0.00440. The van der Waals surface area contributed by atoms with Gasteiger partial charge in [0.25, 0.3) is 0 Å². The van der Waals surface area contributed by atoms with Gasteiger partial charge in [0.1, 0.15) is 16.5 Å². The summed E-state index contributed by atoms with van der Waals surface area (Å²) in [6, 6.07) is 3.58. The SMILES string of the molecule is COC(=O)c1sccc1N/C=C(/C#N)C(=O)C1CC1. The minimum Gasteiger partial charge on any atom is -0.465 e. The van der Waals surface area contributed by atoms with Crippen LogP contribution in [0.15, 0.2) is 23.2 Å². The van der Waals surface area contributed by atoms with Gasteiger partial charge in [0.15, 0.2) is 5.78 Å². The largest absolute Gasteiger partial charge is 0.465 e. The lowest BCUT2D eigenvalue weighted by Crippen LogP contribution is -2.06. The average molecular weight is 276 g/mol. The van der Waals surface area contributed by atoms with Gasteiger partial charge in [-0.05, 0) is 24.3 Å². The summed E-state index contributed by atoms with van der Waals surface area (Å²) in [7, 11) is 1.30. The topological polar surface area (TPSA) is 79.2 Å². The molecule has 0 unspecified atom stereocenters. The molecule has 0 saturated heterocycles. The summed E-state index contributed by atoms with van der Waals surface area (Å²) in [6.07, 6.45) is 3.06. The van der Waals surface area contributed by atoms with Crippen LogP contribution in [0.5, 0.6) is 0 Å². The van der Waals surface area contributed by atoms with Crippen molar-refractivity contribution in [3.63, 3.8) is 0 Å². The first kappa shape index (κ1) is 13.3. The molecule has 0 atom stereocenters. The van der Waals surface area contributed by atoms with Crippen LogP contribution in [-0.4, -0.2) is 18.9 Å². The van der Waals surface area contributed by atoms with Gasteiger partial charge in [0, 0.05) is 12.1 Å². The van der Waals surface area contributed by atoms with Gasteiger partial charge in [-0.25, -0.2) is 4.79 Å². The number of carbonyl (C=O) groups is 2. The zero-order chi connectivity index (χ0) is 13.8. The van der Waals surface area contributed by atoms with Crippen molar-refractivity contribution in [3.8, 4) is 6.07 Å². The third-order valence-corrected chi connectivity index (χ3v) is 3.64. The van der Waals surface area contributed by atoms with E-state index in [0.29, 0.717) is 10.6 Å². The maximum Gasteiger partial charge on any atom is 0.350 e. The Morgan fingerprint density at radius 1 is 1.58 bits per heavy atom. The predicted octanol–water partition coefficient (Wildman–Crippen LogP) is 2.33. The molecule has 0 bridgehead atoms. The maximum atomic E-state index is 11.8. The van der Waals surface area contributed by atoms with E-state index >= 15 is 0 Å². The van der Waals surface area contributed by atoms with Crippen molar-refractivity contribution in [1.82, 2.24) is 0 Å². The van der Waals surface area contributed by atoms with Gasteiger partial charge in [0.05, 0.1) is 12.8 Å². The molecular formula is C13H12N2O3S. The fraction of sp³-hybridized carbons (Fsp3) is 0.308. The van der Waals surface area contributed by atoms with Crippen molar-refractivity contribution in [2.24, 2.45) is 5.92 Å². The number of nitrogens with zero attached hydrogens (tertiary/aromatic N) is 1. The first-order valence-corrected chi connectivity index (χ1v) is 6.62. The number of anilines is 1. The summed E-state index contributed by atoms with van der Waals surface area (Å²) >= 11 is 1.23. The number of hydrogen-bond acceptors (Lipinski definition) is 6. The second kappa shape index (κ2) is 5.67. The smallest absolute Gasteiger partial charge is 0.350 e. The van der Waals surface area contributed by atoms with Gasteiger partial charge in [0.2, 0.25) is 0 Å². The van der Waals surface area contributed by atoms with Crippen LogP contribution in [0.25, 0.3) is 0 Å². The fourth-order valence-corrected chi connectivity index (χ4v) is 2.32. The lowest BCUT2D eigenvalue weighted by Gasteiger charge is -2.02. The molecule has 1 N–H and O–H groups in total. The van der Waals surface area contributed by atoms with Crippen molar-refractivity contribution in [1.29, 1.82) is 5.26 Å². The van der Waals surface area contributed by atoms with Crippen LogP contribution in [0, 0.1) is 17.2 Å². The van der Waals surface area contributed by atoms with Crippen molar-refractivity contribution < 1.29 is 14.3 Å². The second-order valence-electron chi connectivity index (χ2n) is 4.11. The number of carbonyl (C=O) groups excluding carboxylic acids is 2. The van der Waals surface area contributed by atoms with E-state index in [1.54, 1.807) is 11.4 Å². The quantitative estimate of drug-likeness (QED) is 0.507. The first-order valence-electron chi connectivity index (χ1n) is 5.74. The number of nitrogens with one attached hydrogen (secondary N) is 1. The van der Waals surface area contributed by atoms with Gasteiger partial charge in [-0.1, -0.05) is 0 Å². The Balaban J connectivity index is 2.12. The molecule has 19 heavy (non-hydrogen) atoms. The monoisotopic (exact) mass is 276 g/mol. The molecule has 2 rings (SSSR count). The minimum atomic E-state index is -0.446. The standard InChI is InChI=1S/C13H12N2O3S/c1-18-13(17)12-10(4-5-19-12)15-7-9(6-14)11(16)8-2-3-8/h4-5,7-8,15H,2-3H2,1H3/b9-7-. The Morgan fingerprint density at radius 3 is 2.89 bits per heavy atom. The van der Waals surface area contributed by atoms with Crippen LogP contribution in [-0.2, 0) is 9.53 Å². The molecule has 1 aromatic rings.